The molecule has 0 radical (unpaired) electrons. The largest absolute Gasteiger partial charge is 0.480 e. The molecular weight excluding hydrogens is 390 g/mol. The fourth-order valence-electron chi connectivity index (χ4n) is 2.84. The Balaban J connectivity index is 1.96. The van der Waals surface area contributed by atoms with Crippen LogP contribution < -0.4 is 15.1 Å². The Hall–Kier alpha value is -2.42. The summed E-state index contributed by atoms with van der Waals surface area (Å²) in [6, 6.07) is 7.53. The molecule has 0 amide bonds. The van der Waals surface area contributed by atoms with Crippen molar-refractivity contribution in [3.05, 3.63) is 41.0 Å². The van der Waals surface area contributed by atoms with Gasteiger partial charge in [-0.15, -0.1) is 0 Å². The van der Waals surface area contributed by atoms with Gasteiger partial charge in [0, 0.05) is 48.9 Å². The highest BCUT2D eigenvalue weighted by molar-refractivity contribution is 6.34. The first-order valence-electron chi connectivity index (χ1n) is 8.55. The summed E-state index contributed by atoms with van der Waals surface area (Å²) < 4.78 is 29.8. The fraction of sp³-hybridized carbons (Fsp3) is 0.316. The molecule has 3 rings (SSSR count). The highest BCUT2D eigenvalue weighted by atomic mass is 35.5. The molecule has 0 bridgehead atoms. The van der Waals surface area contributed by atoms with Crippen LogP contribution in [0, 0.1) is 0 Å². The molecule has 0 unspecified atom stereocenters. The molecule has 2 aromatic heterocycles. The Kier molecular flexibility index (Phi) is 6.33. The van der Waals surface area contributed by atoms with Crippen LogP contribution >= 0.6 is 11.6 Å². The van der Waals surface area contributed by atoms with Crippen molar-refractivity contribution in [1.29, 1.82) is 0 Å². The van der Waals surface area contributed by atoms with Crippen molar-refractivity contribution in [3.8, 4) is 17.0 Å². The minimum absolute atomic E-state index is 0.267. The van der Waals surface area contributed by atoms with Crippen molar-refractivity contribution in [3.63, 3.8) is 0 Å². The van der Waals surface area contributed by atoms with Gasteiger partial charge < -0.3 is 14.6 Å². The molecule has 3 aromatic rings. The SMILES string of the molecule is COc1nc(N(C)C)ccc1-c1cc2c(CNOCC(F)F)c[nH]c2cc1Cl. The molecule has 0 atom stereocenters. The number of fused-ring (bicyclic) bond motifs is 1. The van der Waals surface area contributed by atoms with Crippen LogP contribution in [0.3, 0.4) is 0 Å². The number of halogens is 3. The molecule has 0 aliphatic carbocycles. The summed E-state index contributed by atoms with van der Waals surface area (Å²) in [6.07, 6.45) is -0.736. The summed E-state index contributed by atoms with van der Waals surface area (Å²) in [4.78, 5) is 14.3. The predicted molar refractivity (Wildman–Crippen MR) is 106 cm³/mol. The highest BCUT2D eigenvalue weighted by Gasteiger charge is 2.16. The van der Waals surface area contributed by atoms with Gasteiger partial charge in [-0.05, 0) is 29.8 Å². The number of H-pyrrole nitrogens is 1. The first-order chi connectivity index (χ1) is 13.4. The summed E-state index contributed by atoms with van der Waals surface area (Å²) in [5.41, 5.74) is 5.76. The first kappa shape index (κ1) is 20.3. The Bertz CT molecular complexity index is 963. The number of hydrogen-bond acceptors (Lipinski definition) is 5. The molecule has 0 aliphatic rings. The zero-order chi connectivity index (χ0) is 20.3. The van der Waals surface area contributed by atoms with Crippen molar-refractivity contribution in [1.82, 2.24) is 15.4 Å². The molecule has 0 spiro atoms. The van der Waals surface area contributed by atoms with Gasteiger partial charge in [0.05, 0.1) is 12.1 Å². The number of hydroxylamine groups is 1. The number of aromatic nitrogens is 2. The average molecular weight is 411 g/mol. The molecule has 0 saturated carbocycles. The zero-order valence-electron chi connectivity index (χ0n) is 15.7. The third-order valence-corrected chi connectivity index (χ3v) is 4.53. The van der Waals surface area contributed by atoms with Crippen molar-refractivity contribution < 1.29 is 18.4 Å². The van der Waals surface area contributed by atoms with Gasteiger partial charge >= 0.3 is 0 Å². The number of aromatic amines is 1. The molecule has 1 aromatic carbocycles. The number of benzene rings is 1. The Morgan fingerprint density at radius 2 is 2.04 bits per heavy atom. The third kappa shape index (κ3) is 4.35. The van der Waals surface area contributed by atoms with Crippen LogP contribution in [-0.4, -0.2) is 44.2 Å². The van der Waals surface area contributed by atoms with Crippen LogP contribution in [0.25, 0.3) is 22.0 Å². The molecule has 0 aliphatic heterocycles. The van der Waals surface area contributed by atoms with Gasteiger partial charge in [-0.25, -0.2) is 8.78 Å². The topological polar surface area (TPSA) is 62.4 Å². The standard InChI is InChI=1S/C19H21ClF2N4O2/c1-26(2)18-5-4-12(19(25-18)27-3)14-6-13-11(9-24-28-10-17(21)22)8-23-16(13)7-15(14)20/h4-8,17,23-24H,9-10H2,1-3H3. The van der Waals surface area contributed by atoms with Gasteiger partial charge in [0.1, 0.15) is 12.4 Å². The molecule has 0 fully saturated rings. The molecule has 6 nitrogen and oxygen atoms in total. The van der Waals surface area contributed by atoms with E-state index in [1.807, 2.05) is 43.3 Å². The molecular formula is C19H21ClF2N4O2. The maximum absolute atomic E-state index is 12.2. The van der Waals surface area contributed by atoms with Crippen LogP contribution in [0.5, 0.6) is 5.88 Å². The second-order valence-corrected chi connectivity index (χ2v) is 6.74. The maximum atomic E-state index is 12.2. The molecule has 9 heteroatoms. The lowest BCUT2D eigenvalue weighted by Crippen LogP contribution is -2.18. The van der Waals surface area contributed by atoms with Gasteiger partial charge in [-0.2, -0.15) is 10.5 Å². The van der Waals surface area contributed by atoms with E-state index in [9.17, 15) is 8.78 Å². The van der Waals surface area contributed by atoms with Gasteiger partial charge in [-0.3, -0.25) is 4.84 Å². The molecule has 28 heavy (non-hydrogen) atoms. The van der Waals surface area contributed by atoms with E-state index in [-0.39, 0.29) is 6.54 Å². The lowest BCUT2D eigenvalue weighted by atomic mass is 10.0. The quantitative estimate of drug-likeness (QED) is 0.429. The smallest absolute Gasteiger partial charge is 0.263 e. The van der Waals surface area contributed by atoms with E-state index in [0.717, 1.165) is 33.4 Å². The summed E-state index contributed by atoms with van der Waals surface area (Å²) in [5.74, 6) is 1.23. The number of hydrogen-bond donors (Lipinski definition) is 2. The van der Waals surface area contributed by atoms with E-state index in [2.05, 4.69) is 15.4 Å². The Morgan fingerprint density at radius 1 is 1.25 bits per heavy atom. The Labute approximate surface area is 166 Å². The maximum Gasteiger partial charge on any atom is 0.263 e. The molecule has 2 heterocycles. The average Bonchev–Trinajstić information content (AvgIpc) is 3.05. The zero-order valence-corrected chi connectivity index (χ0v) is 16.5. The van der Waals surface area contributed by atoms with Crippen molar-refractivity contribution in [2.75, 3.05) is 32.7 Å². The summed E-state index contributed by atoms with van der Waals surface area (Å²) >= 11 is 6.50. The van der Waals surface area contributed by atoms with Crippen molar-refractivity contribution in [2.45, 2.75) is 13.0 Å². The highest BCUT2D eigenvalue weighted by Crippen LogP contribution is 2.38. The van der Waals surface area contributed by atoms with Crippen LogP contribution in [0.1, 0.15) is 5.56 Å². The summed E-state index contributed by atoms with van der Waals surface area (Å²) in [6.45, 7) is -0.400. The number of alkyl halides is 2. The number of pyridine rings is 1. The number of nitrogens with one attached hydrogen (secondary N) is 2. The van der Waals surface area contributed by atoms with Gasteiger partial charge in [-0.1, -0.05) is 11.6 Å². The summed E-state index contributed by atoms with van der Waals surface area (Å²) in [7, 11) is 5.36. The normalized spacial score (nSPS) is 11.4. The number of methoxy groups -OCH3 is 1. The van der Waals surface area contributed by atoms with Crippen LogP contribution in [-0.2, 0) is 11.4 Å². The minimum atomic E-state index is -2.52. The van der Waals surface area contributed by atoms with Gasteiger partial charge in [0.15, 0.2) is 0 Å². The van der Waals surface area contributed by atoms with Crippen molar-refractivity contribution in [2.24, 2.45) is 0 Å². The summed E-state index contributed by atoms with van der Waals surface area (Å²) in [5, 5.41) is 1.44. The van der Waals surface area contributed by atoms with Crippen LogP contribution in [0.15, 0.2) is 30.5 Å². The monoisotopic (exact) mass is 410 g/mol. The number of nitrogens with zero attached hydrogens (tertiary/aromatic N) is 2. The molecule has 2 N–H and O–H groups in total. The van der Waals surface area contributed by atoms with Gasteiger partial charge in [0.2, 0.25) is 5.88 Å². The van der Waals surface area contributed by atoms with Gasteiger partial charge in [0.25, 0.3) is 6.43 Å². The van der Waals surface area contributed by atoms with E-state index in [0.29, 0.717) is 10.9 Å². The van der Waals surface area contributed by atoms with Crippen LogP contribution in [0.4, 0.5) is 14.6 Å². The predicted octanol–water partition coefficient (Wildman–Crippen LogP) is 4.24. The molecule has 0 saturated heterocycles. The minimum Gasteiger partial charge on any atom is -0.480 e. The number of rotatable bonds is 8. The van der Waals surface area contributed by atoms with E-state index in [4.69, 9.17) is 21.2 Å². The lowest BCUT2D eigenvalue weighted by molar-refractivity contribution is -0.0359. The fourth-order valence-corrected chi connectivity index (χ4v) is 3.11. The second kappa shape index (κ2) is 8.72. The molecule has 150 valence electrons. The Morgan fingerprint density at radius 3 is 2.71 bits per heavy atom. The van der Waals surface area contributed by atoms with E-state index >= 15 is 0 Å². The third-order valence-electron chi connectivity index (χ3n) is 4.22. The lowest BCUT2D eigenvalue weighted by Gasteiger charge is -2.15. The number of ether oxygens (including phenoxy) is 1. The number of anilines is 1. The van der Waals surface area contributed by atoms with E-state index in [1.165, 1.54) is 0 Å². The van der Waals surface area contributed by atoms with Crippen molar-refractivity contribution >= 4 is 28.3 Å². The van der Waals surface area contributed by atoms with Crippen LogP contribution in [0.2, 0.25) is 5.02 Å². The second-order valence-electron chi connectivity index (χ2n) is 6.34. The first-order valence-corrected chi connectivity index (χ1v) is 8.93. The van der Waals surface area contributed by atoms with E-state index in [1.54, 1.807) is 13.3 Å². The van der Waals surface area contributed by atoms with E-state index < -0.39 is 13.0 Å².